The molecule has 1 aliphatic heterocycles. The number of hydrogen-bond acceptors (Lipinski definition) is 4. The minimum Gasteiger partial charge on any atom is -0.354 e. The van der Waals surface area contributed by atoms with E-state index in [-0.39, 0.29) is 36.6 Å². The number of hydrogen-bond donors (Lipinski definition) is 2. The number of nitrogens with one attached hydrogen (secondary N) is 2. The Kier molecular flexibility index (Phi) is 9.32. The van der Waals surface area contributed by atoms with Gasteiger partial charge in [0.25, 0.3) is 6.43 Å². The number of rotatable bonds is 6. The summed E-state index contributed by atoms with van der Waals surface area (Å²) in [5.74, 6) is 2.49. The molecule has 0 atom stereocenters. The number of likely N-dealkylation sites (tertiary alicyclic amines) is 1. The lowest BCUT2D eigenvalue weighted by Gasteiger charge is -2.33. The normalized spacial score (nSPS) is 19.8. The maximum Gasteiger partial charge on any atom is 0.251 e. The first kappa shape index (κ1) is 23.2. The Hall–Kier alpha value is -1.04. The van der Waals surface area contributed by atoms with Crippen LogP contribution >= 0.6 is 24.0 Å². The zero-order valence-corrected chi connectivity index (χ0v) is 19.0. The Labute approximate surface area is 182 Å². The van der Waals surface area contributed by atoms with Gasteiger partial charge in [0.1, 0.15) is 12.4 Å². The molecular weight excluding hydrogens is 479 g/mol. The number of alkyl halides is 2. The van der Waals surface area contributed by atoms with Crippen LogP contribution in [0.25, 0.3) is 0 Å². The van der Waals surface area contributed by atoms with Gasteiger partial charge in [0.2, 0.25) is 0 Å². The van der Waals surface area contributed by atoms with E-state index < -0.39 is 6.43 Å². The molecular formula is C18H32F2IN7. The van der Waals surface area contributed by atoms with Crippen molar-refractivity contribution in [2.45, 2.75) is 70.5 Å². The van der Waals surface area contributed by atoms with Crippen molar-refractivity contribution in [3.63, 3.8) is 0 Å². The predicted octanol–water partition coefficient (Wildman–Crippen LogP) is 2.45. The van der Waals surface area contributed by atoms with Gasteiger partial charge >= 0.3 is 0 Å². The Bertz CT molecular complexity index is 623. The number of nitrogens with zero attached hydrogens (tertiary/aromatic N) is 5. The molecule has 1 aromatic rings. The molecule has 1 aliphatic carbocycles. The fraction of sp³-hybridized carbons (Fsp3) is 0.833. The lowest BCUT2D eigenvalue weighted by molar-refractivity contribution is 0.0744. The van der Waals surface area contributed by atoms with Gasteiger partial charge in [-0.1, -0.05) is 12.8 Å². The SMILES string of the molecule is Cc1nnc(CN=C(NC2CCCC2)NC2CCN(CC(F)F)CC2)n1C.I. The maximum absolute atomic E-state index is 12.6. The van der Waals surface area contributed by atoms with E-state index in [2.05, 4.69) is 20.8 Å². The third-order valence-corrected chi connectivity index (χ3v) is 5.58. The Morgan fingerprint density at radius 3 is 2.25 bits per heavy atom. The van der Waals surface area contributed by atoms with Crippen LogP contribution < -0.4 is 10.6 Å². The van der Waals surface area contributed by atoms with Crippen LogP contribution in [0.4, 0.5) is 8.78 Å². The molecule has 1 saturated heterocycles. The fourth-order valence-electron chi connectivity index (χ4n) is 3.78. The van der Waals surface area contributed by atoms with Crippen LogP contribution in [-0.2, 0) is 13.6 Å². The molecule has 0 aromatic carbocycles. The Morgan fingerprint density at radius 2 is 1.71 bits per heavy atom. The monoisotopic (exact) mass is 511 g/mol. The molecule has 0 spiro atoms. The number of aliphatic imine (C=N–C) groups is 1. The highest BCUT2D eigenvalue weighted by Gasteiger charge is 2.23. The van der Waals surface area contributed by atoms with Gasteiger partial charge in [-0.2, -0.15) is 0 Å². The summed E-state index contributed by atoms with van der Waals surface area (Å²) in [5.41, 5.74) is 0. The summed E-state index contributed by atoms with van der Waals surface area (Å²) in [6.45, 7) is 3.65. The van der Waals surface area contributed by atoms with Crippen LogP contribution in [0.2, 0.25) is 0 Å². The minimum absolute atomic E-state index is 0. The molecule has 0 bridgehead atoms. The molecule has 10 heteroatoms. The van der Waals surface area contributed by atoms with E-state index in [0.29, 0.717) is 25.7 Å². The quantitative estimate of drug-likeness (QED) is 0.349. The Morgan fingerprint density at radius 1 is 1.11 bits per heavy atom. The van der Waals surface area contributed by atoms with Gasteiger partial charge in [0, 0.05) is 32.2 Å². The fourth-order valence-corrected chi connectivity index (χ4v) is 3.78. The highest BCUT2D eigenvalue weighted by atomic mass is 127. The summed E-state index contributed by atoms with van der Waals surface area (Å²) < 4.78 is 27.0. The molecule has 2 aliphatic rings. The molecule has 160 valence electrons. The second-order valence-corrected chi connectivity index (χ2v) is 7.62. The van der Waals surface area contributed by atoms with Crippen LogP contribution in [0, 0.1) is 6.92 Å². The number of guanidine groups is 1. The molecule has 0 amide bonds. The minimum atomic E-state index is -2.26. The maximum atomic E-state index is 12.6. The Balaban J connectivity index is 0.00000280. The summed E-state index contributed by atoms with van der Waals surface area (Å²) in [4.78, 5) is 6.57. The van der Waals surface area contributed by atoms with Gasteiger partial charge < -0.3 is 15.2 Å². The number of piperidine rings is 1. The second kappa shape index (κ2) is 11.2. The highest BCUT2D eigenvalue weighted by molar-refractivity contribution is 14.0. The van der Waals surface area contributed by atoms with Crippen molar-refractivity contribution >= 4 is 29.9 Å². The van der Waals surface area contributed by atoms with Crippen molar-refractivity contribution in [2.24, 2.45) is 12.0 Å². The van der Waals surface area contributed by atoms with E-state index in [1.165, 1.54) is 12.8 Å². The van der Waals surface area contributed by atoms with Gasteiger partial charge in [-0.3, -0.25) is 4.90 Å². The van der Waals surface area contributed by atoms with Gasteiger partial charge in [0.05, 0.1) is 6.54 Å². The van der Waals surface area contributed by atoms with Crippen molar-refractivity contribution in [3.8, 4) is 0 Å². The second-order valence-electron chi connectivity index (χ2n) is 7.62. The number of halogens is 3. The first-order valence-corrected chi connectivity index (χ1v) is 9.94. The smallest absolute Gasteiger partial charge is 0.251 e. The average molecular weight is 511 g/mol. The molecule has 3 rings (SSSR count). The third kappa shape index (κ3) is 6.78. The van der Waals surface area contributed by atoms with Gasteiger partial charge in [-0.05, 0) is 32.6 Å². The van der Waals surface area contributed by atoms with Crippen molar-refractivity contribution in [1.82, 2.24) is 30.3 Å². The van der Waals surface area contributed by atoms with E-state index in [9.17, 15) is 8.78 Å². The molecule has 0 radical (unpaired) electrons. The van der Waals surface area contributed by atoms with Gasteiger partial charge in [-0.15, -0.1) is 34.2 Å². The molecule has 2 heterocycles. The highest BCUT2D eigenvalue weighted by Crippen LogP contribution is 2.18. The van der Waals surface area contributed by atoms with Gasteiger partial charge in [-0.25, -0.2) is 13.8 Å². The predicted molar refractivity (Wildman–Crippen MR) is 116 cm³/mol. The van der Waals surface area contributed by atoms with Crippen LogP contribution in [0.1, 0.15) is 50.2 Å². The summed E-state index contributed by atoms with van der Waals surface area (Å²) in [6.07, 6.45) is 4.26. The third-order valence-electron chi connectivity index (χ3n) is 5.58. The van der Waals surface area contributed by atoms with Gasteiger partial charge in [0.15, 0.2) is 11.8 Å². The summed E-state index contributed by atoms with van der Waals surface area (Å²) in [6, 6.07) is 0.712. The van der Waals surface area contributed by atoms with E-state index >= 15 is 0 Å². The van der Waals surface area contributed by atoms with Crippen molar-refractivity contribution in [1.29, 1.82) is 0 Å². The largest absolute Gasteiger partial charge is 0.354 e. The summed E-state index contributed by atoms with van der Waals surface area (Å²) >= 11 is 0. The van der Waals surface area contributed by atoms with E-state index in [1.54, 1.807) is 0 Å². The van der Waals surface area contributed by atoms with Crippen LogP contribution in [-0.4, -0.2) is 63.8 Å². The molecule has 1 saturated carbocycles. The van der Waals surface area contributed by atoms with Crippen LogP contribution in [0.15, 0.2) is 4.99 Å². The topological polar surface area (TPSA) is 70.4 Å². The lowest BCUT2D eigenvalue weighted by Crippen LogP contribution is -2.51. The van der Waals surface area contributed by atoms with Crippen molar-refractivity contribution in [3.05, 3.63) is 11.6 Å². The van der Waals surface area contributed by atoms with Crippen LogP contribution in [0.3, 0.4) is 0 Å². The molecule has 28 heavy (non-hydrogen) atoms. The molecule has 2 N–H and O–H groups in total. The van der Waals surface area contributed by atoms with E-state index in [4.69, 9.17) is 4.99 Å². The lowest BCUT2D eigenvalue weighted by atomic mass is 10.1. The van der Waals surface area contributed by atoms with E-state index in [1.807, 2.05) is 23.4 Å². The molecule has 7 nitrogen and oxygen atoms in total. The first-order valence-electron chi connectivity index (χ1n) is 9.94. The number of aromatic nitrogens is 3. The zero-order chi connectivity index (χ0) is 19.2. The van der Waals surface area contributed by atoms with Crippen molar-refractivity contribution < 1.29 is 8.78 Å². The standard InChI is InChI=1S/C18H31F2N7.HI/c1-13-24-25-17(26(13)2)11-21-18(22-14-5-3-4-6-14)23-15-7-9-27(10-8-15)12-16(19)20;/h14-16H,3-12H2,1-2H3,(H2,21,22,23);1H. The molecule has 0 unspecified atom stereocenters. The average Bonchev–Trinajstić information content (AvgIpc) is 3.25. The van der Waals surface area contributed by atoms with Crippen molar-refractivity contribution in [2.75, 3.05) is 19.6 Å². The first-order chi connectivity index (χ1) is 13.0. The summed E-state index contributed by atoms with van der Waals surface area (Å²) in [7, 11) is 1.94. The summed E-state index contributed by atoms with van der Waals surface area (Å²) in [5, 5.41) is 15.3. The van der Waals surface area contributed by atoms with E-state index in [0.717, 1.165) is 43.3 Å². The molecule has 2 fully saturated rings. The van der Waals surface area contributed by atoms with Crippen LogP contribution in [0.5, 0.6) is 0 Å². The molecule has 1 aromatic heterocycles. The zero-order valence-electron chi connectivity index (χ0n) is 16.7. The number of aryl methyl sites for hydroxylation is 1.